The Hall–Kier alpha value is -1.99. The summed E-state index contributed by atoms with van der Waals surface area (Å²) in [4.78, 5) is 0. The average molecular weight is 403 g/mol. The molecule has 2 rings (SSSR count). The maximum atomic E-state index is 12.9. The van der Waals surface area contributed by atoms with Gasteiger partial charge in [-0.25, -0.2) is 0 Å². The number of thiocarbonyl (C=S) groups is 1. The largest absolute Gasteiger partial charge is 0.496 e. The first-order valence-electron chi connectivity index (χ1n) is 7.84. The first-order chi connectivity index (χ1) is 12.3. The highest BCUT2D eigenvalue weighted by Gasteiger charge is 2.33. The van der Waals surface area contributed by atoms with Gasteiger partial charge >= 0.3 is 6.18 Å². The van der Waals surface area contributed by atoms with Crippen LogP contribution in [0.4, 0.5) is 18.9 Å². The molecule has 8 heteroatoms. The predicted octanol–water partition coefficient (Wildman–Crippen LogP) is 5.29. The van der Waals surface area contributed by atoms with Gasteiger partial charge in [0.15, 0.2) is 5.11 Å². The van der Waals surface area contributed by atoms with Gasteiger partial charge in [-0.15, -0.1) is 0 Å². The monoisotopic (exact) mass is 402 g/mol. The van der Waals surface area contributed by atoms with Crippen molar-refractivity contribution in [3.63, 3.8) is 0 Å². The number of aryl methyl sites for hydroxylation is 1. The number of anilines is 1. The first-order valence-corrected chi connectivity index (χ1v) is 8.63. The molecule has 0 fully saturated rings. The van der Waals surface area contributed by atoms with Crippen LogP contribution in [-0.2, 0) is 12.6 Å². The van der Waals surface area contributed by atoms with Crippen molar-refractivity contribution in [2.75, 3.05) is 19.0 Å². The van der Waals surface area contributed by atoms with Crippen molar-refractivity contribution in [2.45, 2.75) is 19.0 Å². The summed E-state index contributed by atoms with van der Waals surface area (Å²) in [6.45, 7) is 0.573. The highest BCUT2D eigenvalue weighted by atomic mass is 35.5. The molecular formula is C18H18ClF3N2OS. The molecular weight excluding hydrogens is 385 g/mol. The summed E-state index contributed by atoms with van der Waals surface area (Å²) in [5.41, 5.74) is 0.412. The highest BCUT2D eigenvalue weighted by Crippen LogP contribution is 2.36. The van der Waals surface area contributed by atoms with Crippen LogP contribution in [-0.4, -0.2) is 18.8 Å². The zero-order chi connectivity index (χ0) is 19.2. The molecule has 0 aliphatic heterocycles. The Labute approximate surface area is 160 Å². The topological polar surface area (TPSA) is 33.3 Å². The van der Waals surface area contributed by atoms with Gasteiger partial charge in [0.05, 0.1) is 17.7 Å². The van der Waals surface area contributed by atoms with Crippen LogP contribution in [0.5, 0.6) is 5.75 Å². The Morgan fingerprint density at radius 3 is 2.62 bits per heavy atom. The van der Waals surface area contributed by atoms with Crippen LogP contribution >= 0.6 is 23.8 Å². The van der Waals surface area contributed by atoms with Crippen LogP contribution in [0.2, 0.25) is 5.02 Å². The van der Waals surface area contributed by atoms with Crippen molar-refractivity contribution >= 4 is 34.6 Å². The summed E-state index contributed by atoms with van der Waals surface area (Å²) in [5.74, 6) is 0.828. The zero-order valence-corrected chi connectivity index (χ0v) is 15.6. The SMILES string of the molecule is COc1ccccc1CCCNC(=S)Nc1ccc(Cl)c(C(F)(F)F)c1. The molecule has 0 aromatic heterocycles. The second kappa shape index (κ2) is 9.09. The minimum absolute atomic E-state index is 0.226. The predicted molar refractivity (Wildman–Crippen MR) is 102 cm³/mol. The van der Waals surface area contributed by atoms with Gasteiger partial charge in [-0.05, 0) is 54.9 Å². The molecule has 0 bridgehead atoms. The lowest BCUT2D eigenvalue weighted by Crippen LogP contribution is -2.29. The number of alkyl halides is 3. The Kier molecular flexibility index (Phi) is 7.11. The first kappa shape index (κ1) is 20.3. The molecule has 0 amide bonds. The van der Waals surface area contributed by atoms with E-state index in [1.807, 2.05) is 24.3 Å². The van der Waals surface area contributed by atoms with Crippen LogP contribution in [0.25, 0.3) is 0 Å². The third kappa shape index (κ3) is 5.78. The second-order valence-electron chi connectivity index (χ2n) is 5.49. The van der Waals surface area contributed by atoms with E-state index in [0.29, 0.717) is 6.54 Å². The van der Waals surface area contributed by atoms with Gasteiger partial charge in [0.1, 0.15) is 5.75 Å². The molecule has 0 aliphatic carbocycles. The summed E-state index contributed by atoms with van der Waals surface area (Å²) in [6, 6.07) is 11.3. The fraction of sp³-hybridized carbons (Fsp3) is 0.278. The Morgan fingerprint density at radius 2 is 1.92 bits per heavy atom. The molecule has 0 heterocycles. The van der Waals surface area contributed by atoms with Crippen LogP contribution in [0.3, 0.4) is 0 Å². The fourth-order valence-electron chi connectivity index (χ4n) is 2.39. The molecule has 2 aromatic rings. The van der Waals surface area contributed by atoms with E-state index in [1.54, 1.807) is 7.11 Å². The smallest absolute Gasteiger partial charge is 0.417 e. The van der Waals surface area contributed by atoms with Crippen LogP contribution in [0.1, 0.15) is 17.5 Å². The number of methoxy groups -OCH3 is 1. The number of benzene rings is 2. The van der Waals surface area contributed by atoms with E-state index >= 15 is 0 Å². The third-order valence-corrected chi connectivity index (χ3v) is 4.21. The van der Waals surface area contributed by atoms with Gasteiger partial charge < -0.3 is 15.4 Å². The quantitative estimate of drug-likeness (QED) is 0.508. The third-order valence-electron chi connectivity index (χ3n) is 3.63. The maximum Gasteiger partial charge on any atom is 0.417 e. The van der Waals surface area contributed by atoms with Crippen molar-refractivity contribution in [3.8, 4) is 5.75 Å². The Morgan fingerprint density at radius 1 is 1.19 bits per heavy atom. The summed E-state index contributed by atoms with van der Waals surface area (Å²) < 4.78 is 43.9. The van der Waals surface area contributed by atoms with Gasteiger partial charge in [0, 0.05) is 12.2 Å². The van der Waals surface area contributed by atoms with Gasteiger partial charge in [0.25, 0.3) is 0 Å². The molecule has 0 spiro atoms. The highest BCUT2D eigenvalue weighted by molar-refractivity contribution is 7.80. The molecule has 26 heavy (non-hydrogen) atoms. The number of halogens is 4. The molecule has 0 unspecified atom stereocenters. The number of nitrogens with one attached hydrogen (secondary N) is 2. The lowest BCUT2D eigenvalue weighted by molar-refractivity contribution is -0.137. The minimum Gasteiger partial charge on any atom is -0.496 e. The van der Waals surface area contributed by atoms with E-state index < -0.39 is 11.7 Å². The van der Waals surface area contributed by atoms with E-state index in [9.17, 15) is 13.2 Å². The zero-order valence-electron chi connectivity index (χ0n) is 14.0. The molecule has 2 N–H and O–H groups in total. The number of rotatable bonds is 6. The molecule has 140 valence electrons. The molecule has 0 atom stereocenters. The van der Waals surface area contributed by atoms with Crippen molar-refractivity contribution in [1.29, 1.82) is 0 Å². The number of hydrogen-bond donors (Lipinski definition) is 2. The van der Waals surface area contributed by atoms with Crippen molar-refractivity contribution in [3.05, 3.63) is 58.6 Å². The lowest BCUT2D eigenvalue weighted by Gasteiger charge is -2.14. The summed E-state index contributed by atoms with van der Waals surface area (Å²) in [7, 11) is 1.62. The molecule has 0 aliphatic rings. The number of hydrogen-bond acceptors (Lipinski definition) is 2. The van der Waals surface area contributed by atoms with Crippen molar-refractivity contribution < 1.29 is 17.9 Å². The second-order valence-corrected chi connectivity index (χ2v) is 6.30. The van der Waals surface area contributed by atoms with Crippen LogP contribution in [0.15, 0.2) is 42.5 Å². The minimum atomic E-state index is -4.52. The molecule has 0 saturated heterocycles. The van der Waals surface area contributed by atoms with Gasteiger partial charge in [-0.3, -0.25) is 0 Å². The molecule has 3 nitrogen and oxygen atoms in total. The lowest BCUT2D eigenvalue weighted by atomic mass is 10.1. The molecule has 2 aromatic carbocycles. The maximum absolute atomic E-state index is 12.9. The summed E-state index contributed by atoms with van der Waals surface area (Å²) in [6.07, 6.45) is -2.94. The van der Waals surface area contributed by atoms with E-state index in [0.717, 1.165) is 30.2 Å². The normalized spacial score (nSPS) is 11.1. The Balaban J connectivity index is 1.84. The summed E-state index contributed by atoms with van der Waals surface area (Å²) >= 11 is 10.7. The van der Waals surface area contributed by atoms with Crippen LogP contribution in [0, 0.1) is 0 Å². The van der Waals surface area contributed by atoms with Gasteiger partial charge in [-0.2, -0.15) is 13.2 Å². The number of para-hydroxylation sites is 1. The van der Waals surface area contributed by atoms with E-state index in [4.69, 9.17) is 28.6 Å². The Bertz CT molecular complexity index is 768. The van der Waals surface area contributed by atoms with E-state index in [-0.39, 0.29) is 15.8 Å². The standard InChI is InChI=1S/C18H18ClF3N2OS/c1-25-16-7-3-2-5-12(16)6-4-10-23-17(26)24-13-8-9-15(19)14(11-13)18(20,21)22/h2-3,5,7-9,11H,4,6,10H2,1H3,(H2,23,24,26). The van der Waals surface area contributed by atoms with Crippen LogP contribution < -0.4 is 15.4 Å². The molecule has 0 radical (unpaired) electrons. The fourth-order valence-corrected chi connectivity index (χ4v) is 2.83. The van der Waals surface area contributed by atoms with Crippen molar-refractivity contribution in [1.82, 2.24) is 5.32 Å². The van der Waals surface area contributed by atoms with Gasteiger partial charge in [0.2, 0.25) is 0 Å². The molecule has 0 saturated carbocycles. The van der Waals surface area contributed by atoms with Crippen molar-refractivity contribution in [2.24, 2.45) is 0 Å². The van der Waals surface area contributed by atoms with E-state index in [1.165, 1.54) is 12.1 Å². The van der Waals surface area contributed by atoms with E-state index in [2.05, 4.69) is 10.6 Å². The average Bonchev–Trinajstić information content (AvgIpc) is 2.59. The summed E-state index contributed by atoms with van der Waals surface area (Å²) in [5, 5.41) is 5.62. The van der Waals surface area contributed by atoms with Gasteiger partial charge in [-0.1, -0.05) is 29.8 Å². The number of ether oxygens (including phenoxy) is 1.